The highest BCUT2D eigenvalue weighted by atomic mass is 16.3. The molecule has 104 valence electrons. The third kappa shape index (κ3) is 1.95. The summed E-state index contributed by atoms with van der Waals surface area (Å²) in [5.41, 5.74) is 0.154. The van der Waals surface area contributed by atoms with E-state index in [0.717, 1.165) is 12.1 Å². The van der Waals surface area contributed by atoms with Crippen molar-refractivity contribution in [3.8, 4) is 17.2 Å². The van der Waals surface area contributed by atoms with Crippen molar-refractivity contribution >= 4 is 17.1 Å². The second-order valence-corrected chi connectivity index (χ2v) is 4.65. The summed E-state index contributed by atoms with van der Waals surface area (Å²) in [5.74, 6) is -1.74. The van der Waals surface area contributed by atoms with Gasteiger partial charge in [-0.25, -0.2) is 0 Å². The highest BCUT2D eigenvalue weighted by molar-refractivity contribution is 6.39. The maximum absolute atomic E-state index is 12.5. The Hall–Kier alpha value is -3.08. The first kappa shape index (κ1) is 12.9. The van der Waals surface area contributed by atoms with Gasteiger partial charge in [0.1, 0.15) is 17.2 Å². The Morgan fingerprint density at radius 2 is 1.57 bits per heavy atom. The molecule has 0 amide bonds. The van der Waals surface area contributed by atoms with E-state index >= 15 is 0 Å². The minimum Gasteiger partial charge on any atom is -0.508 e. The van der Waals surface area contributed by atoms with Gasteiger partial charge >= 0.3 is 0 Å². The molecule has 0 saturated carbocycles. The number of carbonyl (C=O) groups is 2. The Kier molecular flexibility index (Phi) is 2.76. The Morgan fingerprint density at radius 1 is 0.810 bits per heavy atom. The molecular weight excluding hydrogens is 272 g/mol. The SMILES string of the molecule is O=C1C=C(c2ccc(O)cc2O)C(=O)c2c(O)cccc21. The van der Waals surface area contributed by atoms with E-state index in [0.29, 0.717) is 0 Å². The molecule has 2 aromatic rings. The number of ketones is 2. The average molecular weight is 282 g/mol. The van der Waals surface area contributed by atoms with Gasteiger partial charge in [0.25, 0.3) is 0 Å². The van der Waals surface area contributed by atoms with Crippen LogP contribution in [0.25, 0.3) is 5.57 Å². The fourth-order valence-corrected chi connectivity index (χ4v) is 2.34. The second-order valence-electron chi connectivity index (χ2n) is 4.65. The smallest absolute Gasteiger partial charge is 0.198 e. The average Bonchev–Trinajstić information content (AvgIpc) is 2.43. The van der Waals surface area contributed by atoms with Crippen molar-refractivity contribution in [1.82, 2.24) is 0 Å². The van der Waals surface area contributed by atoms with E-state index in [4.69, 9.17) is 0 Å². The number of benzene rings is 2. The maximum atomic E-state index is 12.5. The lowest BCUT2D eigenvalue weighted by Gasteiger charge is -2.17. The van der Waals surface area contributed by atoms with Crippen molar-refractivity contribution in [3.63, 3.8) is 0 Å². The number of hydrogen-bond donors (Lipinski definition) is 3. The van der Waals surface area contributed by atoms with Crippen LogP contribution in [0.4, 0.5) is 0 Å². The molecule has 0 atom stereocenters. The fraction of sp³-hybridized carbons (Fsp3) is 0. The predicted molar refractivity (Wildman–Crippen MR) is 74.5 cm³/mol. The Labute approximate surface area is 119 Å². The van der Waals surface area contributed by atoms with Gasteiger partial charge < -0.3 is 15.3 Å². The maximum Gasteiger partial charge on any atom is 0.198 e. The number of aromatic hydroxyl groups is 3. The van der Waals surface area contributed by atoms with Gasteiger partial charge in [0.05, 0.1) is 5.56 Å². The lowest BCUT2D eigenvalue weighted by molar-refractivity contribution is 0.0999. The molecule has 0 unspecified atom stereocenters. The third-order valence-corrected chi connectivity index (χ3v) is 3.33. The summed E-state index contributed by atoms with van der Waals surface area (Å²) < 4.78 is 0. The quantitative estimate of drug-likeness (QED) is 0.745. The molecule has 3 rings (SSSR count). The largest absolute Gasteiger partial charge is 0.508 e. The Bertz CT molecular complexity index is 817. The van der Waals surface area contributed by atoms with Crippen molar-refractivity contribution in [3.05, 3.63) is 59.2 Å². The van der Waals surface area contributed by atoms with Crippen molar-refractivity contribution < 1.29 is 24.9 Å². The molecule has 0 bridgehead atoms. The summed E-state index contributed by atoms with van der Waals surface area (Å²) in [6.07, 6.45) is 1.12. The van der Waals surface area contributed by atoms with Crippen LogP contribution in [0, 0.1) is 0 Å². The van der Waals surface area contributed by atoms with Gasteiger partial charge in [0, 0.05) is 22.8 Å². The predicted octanol–water partition coefficient (Wildman–Crippen LogP) is 2.27. The van der Waals surface area contributed by atoms with Crippen LogP contribution >= 0.6 is 0 Å². The number of rotatable bonds is 1. The molecule has 5 nitrogen and oxygen atoms in total. The minimum atomic E-state index is -0.552. The van der Waals surface area contributed by atoms with Crippen LogP contribution in [-0.2, 0) is 0 Å². The number of fused-ring (bicyclic) bond motifs is 1. The van der Waals surface area contributed by atoms with Crippen LogP contribution in [-0.4, -0.2) is 26.9 Å². The van der Waals surface area contributed by atoms with E-state index in [9.17, 15) is 24.9 Å². The molecule has 0 spiro atoms. The van der Waals surface area contributed by atoms with Crippen molar-refractivity contribution in [2.24, 2.45) is 0 Å². The molecule has 21 heavy (non-hydrogen) atoms. The van der Waals surface area contributed by atoms with Gasteiger partial charge in [0.15, 0.2) is 11.6 Å². The molecule has 0 aromatic heterocycles. The third-order valence-electron chi connectivity index (χ3n) is 3.33. The van der Waals surface area contributed by atoms with Crippen LogP contribution in [0.3, 0.4) is 0 Å². The van der Waals surface area contributed by atoms with Gasteiger partial charge in [-0.3, -0.25) is 9.59 Å². The molecule has 1 aliphatic rings. The summed E-state index contributed by atoms with van der Waals surface area (Å²) in [4.78, 5) is 24.5. The number of Topliss-reactive ketones (excluding diaryl/α,β-unsaturated/α-hetero) is 1. The molecule has 3 N–H and O–H groups in total. The molecule has 0 fully saturated rings. The summed E-state index contributed by atoms with van der Waals surface area (Å²) in [5, 5.41) is 28.9. The molecule has 1 aliphatic carbocycles. The number of carbonyl (C=O) groups excluding carboxylic acids is 2. The Balaban J connectivity index is 2.21. The van der Waals surface area contributed by atoms with Crippen LogP contribution in [0.2, 0.25) is 0 Å². The molecule has 2 aromatic carbocycles. The zero-order chi connectivity index (χ0) is 15.1. The fourth-order valence-electron chi connectivity index (χ4n) is 2.34. The van der Waals surface area contributed by atoms with E-state index < -0.39 is 11.6 Å². The van der Waals surface area contributed by atoms with Crippen LogP contribution in [0.5, 0.6) is 17.2 Å². The first-order valence-corrected chi connectivity index (χ1v) is 6.14. The summed E-state index contributed by atoms with van der Waals surface area (Å²) in [6, 6.07) is 7.98. The van der Waals surface area contributed by atoms with E-state index in [2.05, 4.69) is 0 Å². The second kappa shape index (κ2) is 4.49. The zero-order valence-corrected chi connectivity index (χ0v) is 10.7. The first-order chi connectivity index (χ1) is 9.99. The lowest BCUT2D eigenvalue weighted by Crippen LogP contribution is -2.16. The number of hydrogen-bond acceptors (Lipinski definition) is 5. The standard InChI is InChI=1S/C16H10O5/c17-8-4-5-9(13(19)6-8)11-7-14(20)10-2-1-3-12(18)15(10)16(11)21/h1-7,17-19H. The van der Waals surface area contributed by atoms with Crippen molar-refractivity contribution in [1.29, 1.82) is 0 Å². The zero-order valence-electron chi connectivity index (χ0n) is 10.7. The first-order valence-electron chi connectivity index (χ1n) is 6.14. The highest BCUT2D eigenvalue weighted by Gasteiger charge is 2.30. The normalized spacial score (nSPS) is 13.8. The van der Waals surface area contributed by atoms with Gasteiger partial charge in [-0.15, -0.1) is 0 Å². The number of phenols is 3. The highest BCUT2D eigenvalue weighted by Crippen LogP contribution is 2.36. The molecular formula is C16H10O5. The van der Waals surface area contributed by atoms with Crippen molar-refractivity contribution in [2.45, 2.75) is 0 Å². The van der Waals surface area contributed by atoms with Gasteiger partial charge in [-0.1, -0.05) is 12.1 Å². The van der Waals surface area contributed by atoms with Gasteiger partial charge in [-0.05, 0) is 24.3 Å². The molecule has 5 heteroatoms. The van der Waals surface area contributed by atoms with Gasteiger partial charge in [0.2, 0.25) is 0 Å². The van der Waals surface area contributed by atoms with Crippen molar-refractivity contribution in [2.75, 3.05) is 0 Å². The van der Waals surface area contributed by atoms with E-state index in [1.807, 2.05) is 0 Å². The summed E-state index contributed by atoms with van der Waals surface area (Å²) in [6.45, 7) is 0. The van der Waals surface area contributed by atoms with Crippen LogP contribution in [0.15, 0.2) is 42.5 Å². The van der Waals surface area contributed by atoms with Gasteiger partial charge in [-0.2, -0.15) is 0 Å². The number of phenolic OH excluding ortho intramolecular Hbond substituents is 3. The summed E-state index contributed by atoms with van der Waals surface area (Å²) >= 11 is 0. The van der Waals surface area contributed by atoms with E-state index in [1.54, 1.807) is 0 Å². The molecule has 0 radical (unpaired) electrons. The van der Waals surface area contributed by atoms with Crippen LogP contribution < -0.4 is 0 Å². The Morgan fingerprint density at radius 3 is 2.29 bits per heavy atom. The number of allylic oxidation sites excluding steroid dienone is 2. The monoisotopic (exact) mass is 282 g/mol. The molecule has 0 saturated heterocycles. The molecule has 0 aliphatic heterocycles. The van der Waals surface area contributed by atoms with E-state index in [1.165, 1.54) is 30.3 Å². The lowest BCUT2D eigenvalue weighted by atomic mass is 9.85. The summed E-state index contributed by atoms with van der Waals surface area (Å²) in [7, 11) is 0. The molecule has 0 heterocycles. The van der Waals surface area contributed by atoms with Crippen LogP contribution in [0.1, 0.15) is 26.3 Å². The van der Waals surface area contributed by atoms with E-state index in [-0.39, 0.29) is 39.5 Å². The topological polar surface area (TPSA) is 94.8 Å². The minimum absolute atomic E-state index is 0.0218.